The largest absolute Gasteiger partial charge is 0.378 e. The fourth-order valence-corrected chi connectivity index (χ4v) is 3.83. The minimum Gasteiger partial charge on any atom is -0.378 e. The van der Waals surface area contributed by atoms with Gasteiger partial charge < -0.3 is 5.32 Å². The first-order valence-corrected chi connectivity index (χ1v) is 7.59. The van der Waals surface area contributed by atoms with E-state index >= 15 is 0 Å². The minimum absolute atomic E-state index is 0.458. The van der Waals surface area contributed by atoms with Crippen molar-refractivity contribution in [1.29, 1.82) is 0 Å². The van der Waals surface area contributed by atoms with E-state index in [0.717, 1.165) is 5.02 Å². The molecule has 0 aliphatic heterocycles. The Morgan fingerprint density at radius 1 is 1.33 bits per heavy atom. The molecule has 3 rings (SSSR count). The number of hydrogen-bond acceptors (Lipinski definition) is 2. The van der Waals surface area contributed by atoms with Crippen LogP contribution in [0.15, 0.2) is 29.6 Å². The van der Waals surface area contributed by atoms with E-state index in [2.05, 4.69) is 29.8 Å². The van der Waals surface area contributed by atoms with Crippen LogP contribution in [0.5, 0.6) is 0 Å². The zero-order valence-corrected chi connectivity index (χ0v) is 11.9. The summed E-state index contributed by atoms with van der Waals surface area (Å²) in [4.78, 5) is 1.55. The first kappa shape index (κ1) is 12.1. The predicted molar refractivity (Wildman–Crippen MR) is 79.8 cm³/mol. The van der Waals surface area contributed by atoms with E-state index in [4.69, 9.17) is 11.6 Å². The number of benzene rings is 1. The van der Waals surface area contributed by atoms with E-state index in [1.807, 2.05) is 23.5 Å². The normalized spacial score (nSPS) is 18.4. The molecule has 3 heteroatoms. The van der Waals surface area contributed by atoms with Crippen LogP contribution in [0.1, 0.15) is 34.9 Å². The Morgan fingerprint density at radius 2 is 2.22 bits per heavy atom. The van der Waals surface area contributed by atoms with Crippen molar-refractivity contribution in [3.63, 3.8) is 0 Å². The molecule has 1 heterocycles. The molecule has 1 atom stereocenters. The van der Waals surface area contributed by atoms with Gasteiger partial charge in [0.1, 0.15) is 0 Å². The molecular weight excluding hydrogens is 262 g/mol. The lowest BCUT2D eigenvalue weighted by atomic mass is 9.93. The van der Waals surface area contributed by atoms with Gasteiger partial charge in [0.25, 0.3) is 0 Å². The number of halogens is 1. The lowest BCUT2D eigenvalue weighted by Crippen LogP contribution is -2.16. The molecule has 18 heavy (non-hydrogen) atoms. The van der Waals surface area contributed by atoms with Crippen LogP contribution in [-0.4, -0.2) is 0 Å². The Hall–Kier alpha value is -0.990. The quantitative estimate of drug-likeness (QED) is 0.796. The van der Waals surface area contributed by atoms with Crippen LogP contribution < -0.4 is 5.32 Å². The predicted octanol–water partition coefficient (Wildman–Crippen LogP) is 5.20. The first-order valence-electron chi connectivity index (χ1n) is 6.33. The van der Waals surface area contributed by atoms with Gasteiger partial charge in [0, 0.05) is 15.6 Å². The van der Waals surface area contributed by atoms with Crippen molar-refractivity contribution in [2.24, 2.45) is 0 Å². The van der Waals surface area contributed by atoms with Crippen molar-refractivity contribution in [1.82, 2.24) is 0 Å². The number of hydrogen-bond donors (Lipinski definition) is 1. The number of anilines is 1. The Morgan fingerprint density at radius 3 is 3.06 bits per heavy atom. The van der Waals surface area contributed by atoms with Crippen LogP contribution in [-0.2, 0) is 6.42 Å². The third-order valence-corrected chi connectivity index (χ3v) is 4.80. The Labute approximate surface area is 117 Å². The van der Waals surface area contributed by atoms with Crippen LogP contribution in [0.25, 0.3) is 0 Å². The topological polar surface area (TPSA) is 12.0 Å². The van der Waals surface area contributed by atoms with Crippen molar-refractivity contribution in [2.75, 3.05) is 5.32 Å². The van der Waals surface area contributed by atoms with Gasteiger partial charge in [-0.3, -0.25) is 0 Å². The Kier molecular flexibility index (Phi) is 3.31. The van der Waals surface area contributed by atoms with Gasteiger partial charge >= 0.3 is 0 Å². The van der Waals surface area contributed by atoms with Gasteiger partial charge in [-0.05, 0) is 67.0 Å². The number of fused-ring (bicyclic) bond motifs is 1. The van der Waals surface area contributed by atoms with Crippen LogP contribution in [0, 0.1) is 6.92 Å². The molecule has 1 aromatic carbocycles. The second-order valence-corrected chi connectivity index (χ2v) is 6.28. The summed E-state index contributed by atoms with van der Waals surface area (Å²) in [6, 6.07) is 8.77. The lowest BCUT2D eigenvalue weighted by molar-refractivity contribution is 0.608. The van der Waals surface area contributed by atoms with Crippen LogP contribution in [0.3, 0.4) is 0 Å². The summed E-state index contributed by atoms with van der Waals surface area (Å²) in [6.07, 6.45) is 3.73. The molecule has 0 radical (unpaired) electrons. The number of nitrogens with one attached hydrogen (secondary N) is 1. The smallest absolute Gasteiger partial charge is 0.0525 e. The van der Waals surface area contributed by atoms with E-state index < -0.39 is 0 Å². The van der Waals surface area contributed by atoms with Gasteiger partial charge in [-0.15, -0.1) is 11.3 Å². The van der Waals surface area contributed by atoms with Crippen LogP contribution in [0.2, 0.25) is 5.02 Å². The van der Waals surface area contributed by atoms with E-state index in [-0.39, 0.29) is 0 Å². The second kappa shape index (κ2) is 4.94. The standard InChI is InChI=1S/C15H16ClNS/c1-10-9-11(16)5-6-13(10)17-14-3-2-4-15-12(14)7-8-18-15/h5-9,14,17H,2-4H2,1H3. The maximum atomic E-state index is 6.00. The van der Waals surface area contributed by atoms with Crippen LogP contribution in [0.4, 0.5) is 5.69 Å². The molecule has 0 saturated carbocycles. The third-order valence-electron chi connectivity index (χ3n) is 3.57. The van der Waals surface area contributed by atoms with E-state index in [9.17, 15) is 0 Å². The Bertz CT molecular complexity index is 561. The SMILES string of the molecule is Cc1cc(Cl)ccc1NC1CCCc2sccc21. The van der Waals surface area contributed by atoms with E-state index in [1.54, 1.807) is 4.88 Å². The zero-order valence-electron chi connectivity index (χ0n) is 10.4. The molecule has 1 aliphatic rings. The molecule has 0 bridgehead atoms. The first-order chi connectivity index (χ1) is 8.74. The summed E-state index contributed by atoms with van der Waals surface area (Å²) in [5, 5.41) is 6.68. The second-order valence-electron chi connectivity index (χ2n) is 4.85. The van der Waals surface area contributed by atoms with Gasteiger partial charge in [0.2, 0.25) is 0 Å². The number of rotatable bonds is 2. The van der Waals surface area contributed by atoms with E-state index in [0.29, 0.717) is 6.04 Å². The summed E-state index contributed by atoms with van der Waals surface area (Å²) >= 11 is 7.88. The highest BCUT2D eigenvalue weighted by molar-refractivity contribution is 7.10. The van der Waals surface area contributed by atoms with Crippen molar-refractivity contribution in [3.8, 4) is 0 Å². The number of thiophene rings is 1. The van der Waals surface area contributed by atoms with Crippen molar-refractivity contribution < 1.29 is 0 Å². The molecule has 1 nitrogen and oxygen atoms in total. The zero-order chi connectivity index (χ0) is 12.5. The minimum atomic E-state index is 0.458. The van der Waals surface area contributed by atoms with Crippen molar-refractivity contribution in [2.45, 2.75) is 32.2 Å². The van der Waals surface area contributed by atoms with E-state index in [1.165, 1.54) is 36.1 Å². The molecule has 1 aromatic heterocycles. The molecule has 0 amide bonds. The summed E-state index contributed by atoms with van der Waals surface area (Å²) in [6.45, 7) is 2.10. The van der Waals surface area contributed by atoms with Gasteiger partial charge in [-0.25, -0.2) is 0 Å². The summed E-state index contributed by atoms with van der Waals surface area (Å²) in [5.41, 5.74) is 3.90. The maximum Gasteiger partial charge on any atom is 0.0525 e. The average molecular weight is 278 g/mol. The van der Waals surface area contributed by atoms with Gasteiger partial charge in [0.15, 0.2) is 0 Å². The molecule has 1 N–H and O–H groups in total. The highest BCUT2D eigenvalue weighted by atomic mass is 35.5. The molecule has 2 aromatic rings. The Balaban J connectivity index is 1.86. The molecular formula is C15H16ClNS. The fourth-order valence-electron chi connectivity index (χ4n) is 2.61. The molecule has 0 spiro atoms. The highest BCUT2D eigenvalue weighted by Gasteiger charge is 2.21. The monoisotopic (exact) mass is 277 g/mol. The molecule has 0 saturated heterocycles. The van der Waals surface area contributed by atoms with Gasteiger partial charge in [0.05, 0.1) is 6.04 Å². The summed E-state index contributed by atoms with van der Waals surface area (Å²) in [7, 11) is 0. The van der Waals surface area contributed by atoms with Crippen LogP contribution >= 0.6 is 22.9 Å². The van der Waals surface area contributed by atoms with Crippen molar-refractivity contribution >= 4 is 28.6 Å². The van der Waals surface area contributed by atoms with Crippen molar-refractivity contribution in [3.05, 3.63) is 50.7 Å². The summed E-state index contributed by atoms with van der Waals surface area (Å²) < 4.78 is 0. The molecule has 1 unspecified atom stereocenters. The maximum absolute atomic E-state index is 6.00. The van der Waals surface area contributed by atoms with Gasteiger partial charge in [-0.2, -0.15) is 0 Å². The average Bonchev–Trinajstić information content (AvgIpc) is 2.82. The molecule has 1 aliphatic carbocycles. The summed E-state index contributed by atoms with van der Waals surface area (Å²) in [5.74, 6) is 0. The van der Waals surface area contributed by atoms with Gasteiger partial charge in [-0.1, -0.05) is 11.6 Å². The lowest BCUT2D eigenvalue weighted by Gasteiger charge is -2.25. The third kappa shape index (κ3) is 2.27. The fraction of sp³-hybridized carbons (Fsp3) is 0.333. The highest BCUT2D eigenvalue weighted by Crippen LogP contribution is 2.36. The molecule has 0 fully saturated rings. The molecule has 94 valence electrons. The number of aryl methyl sites for hydroxylation is 2.